The zero-order chi connectivity index (χ0) is 14.6. The molecule has 0 heterocycles. The van der Waals surface area contributed by atoms with Gasteiger partial charge in [-0.25, -0.2) is 8.78 Å². The van der Waals surface area contributed by atoms with Crippen LogP contribution in [-0.4, -0.2) is 22.9 Å². The van der Waals surface area contributed by atoms with Crippen LogP contribution >= 0.6 is 0 Å². The van der Waals surface area contributed by atoms with Crippen molar-refractivity contribution in [3.63, 3.8) is 0 Å². The predicted molar refractivity (Wildman–Crippen MR) is 64.5 cm³/mol. The summed E-state index contributed by atoms with van der Waals surface area (Å²) in [6, 6.07) is 2.41. The zero-order valence-corrected chi connectivity index (χ0v) is 10.4. The van der Waals surface area contributed by atoms with E-state index in [1.165, 1.54) is 13.0 Å². The van der Waals surface area contributed by atoms with E-state index in [0.717, 1.165) is 12.1 Å². The van der Waals surface area contributed by atoms with Gasteiger partial charge in [-0.3, -0.25) is 9.59 Å². The Balaban J connectivity index is 2.81. The van der Waals surface area contributed by atoms with E-state index in [2.05, 4.69) is 0 Å². The summed E-state index contributed by atoms with van der Waals surface area (Å²) in [5.74, 6) is -4.58. The minimum atomic E-state index is -1.17. The largest absolute Gasteiger partial charge is 0.481 e. The van der Waals surface area contributed by atoms with Crippen LogP contribution in [0.1, 0.15) is 18.9 Å². The monoisotopic (exact) mass is 271 g/mol. The third-order valence-corrected chi connectivity index (χ3v) is 2.77. The molecule has 19 heavy (non-hydrogen) atoms. The molecule has 0 aromatic heterocycles. The summed E-state index contributed by atoms with van der Waals surface area (Å²) in [7, 11) is 0. The lowest BCUT2D eigenvalue weighted by Crippen LogP contribution is -2.31. The second kappa shape index (κ2) is 6.38. The summed E-state index contributed by atoms with van der Waals surface area (Å²) in [6.45, 7) is 1.47. The van der Waals surface area contributed by atoms with Gasteiger partial charge in [0.05, 0.1) is 12.0 Å². The number of hydrogen-bond donors (Lipinski definition) is 2. The van der Waals surface area contributed by atoms with E-state index in [1.807, 2.05) is 0 Å². The van der Waals surface area contributed by atoms with Gasteiger partial charge < -0.3 is 10.8 Å². The molecule has 1 aromatic carbocycles. The highest BCUT2D eigenvalue weighted by atomic mass is 19.2. The van der Waals surface area contributed by atoms with E-state index in [4.69, 9.17) is 10.8 Å². The van der Waals surface area contributed by atoms with Crippen molar-refractivity contribution in [1.82, 2.24) is 0 Å². The molecule has 0 spiro atoms. The van der Waals surface area contributed by atoms with Crippen LogP contribution in [0.5, 0.6) is 0 Å². The van der Waals surface area contributed by atoms with Gasteiger partial charge in [0.15, 0.2) is 11.6 Å². The number of halogens is 2. The van der Waals surface area contributed by atoms with Crippen molar-refractivity contribution in [1.29, 1.82) is 0 Å². The average molecular weight is 271 g/mol. The number of aliphatic carboxylic acids is 1. The van der Waals surface area contributed by atoms with Crippen molar-refractivity contribution in [3.8, 4) is 0 Å². The molecule has 0 radical (unpaired) electrons. The number of hydrogen-bond acceptors (Lipinski definition) is 3. The molecule has 0 amide bonds. The molecule has 1 unspecified atom stereocenters. The second-order valence-electron chi connectivity index (χ2n) is 4.45. The minimum absolute atomic E-state index is 0.0506. The Morgan fingerprint density at radius 3 is 2.42 bits per heavy atom. The molecule has 104 valence electrons. The van der Waals surface area contributed by atoms with Gasteiger partial charge in [0.25, 0.3) is 0 Å². The van der Waals surface area contributed by atoms with E-state index in [-0.39, 0.29) is 18.6 Å². The first-order valence-electron chi connectivity index (χ1n) is 5.76. The molecule has 1 aromatic rings. The molecular formula is C13H15F2NO3. The molecule has 6 heteroatoms. The Bertz CT molecular complexity index is 489. The highest BCUT2D eigenvalue weighted by molar-refractivity contribution is 5.87. The smallest absolute Gasteiger partial charge is 0.307 e. The lowest BCUT2D eigenvalue weighted by molar-refractivity contribution is -0.143. The highest BCUT2D eigenvalue weighted by Gasteiger charge is 2.23. The molecule has 0 bridgehead atoms. The fourth-order valence-corrected chi connectivity index (χ4v) is 1.63. The van der Waals surface area contributed by atoms with Crippen molar-refractivity contribution in [3.05, 3.63) is 35.4 Å². The summed E-state index contributed by atoms with van der Waals surface area (Å²) in [5.41, 5.74) is 5.69. The first kappa shape index (κ1) is 15.2. The fourth-order valence-electron chi connectivity index (χ4n) is 1.63. The van der Waals surface area contributed by atoms with Crippen LogP contribution in [0.2, 0.25) is 0 Å². The van der Waals surface area contributed by atoms with Crippen molar-refractivity contribution < 1.29 is 23.5 Å². The quantitative estimate of drug-likeness (QED) is 0.822. The lowest BCUT2D eigenvalue weighted by Gasteiger charge is -2.13. The maximum atomic E-state index is 13.0. The van der Waals surface area contributed by atoms with Crippen LogP contribution in [-0.2, 0) is 16.0 Å². The van der Waals surface area contributed by atoms with Gasteiger partial charge in [0.1, 0.15) is 5.78 Å². The van der Waals surface area contributed by atoms with E-state index in [0.29, 0.717) is 5.56 Å². The van der Waals surface area contributed by atoms with E-state index in [9.17, 15) is 18.4 Å². The Hall–Kier alpha value is -1.82. The number of carbonyl (C=O) groups is 2. The number of benzene rings is 1. The topological polar surface area (TPSA) is 80.4 Å². The van der Waals surface area contributed by atoms with Gasteiger partial charge in [0.2, 0.25) is 0 Å². The second-order valence-corrected chi connectivity index (χ2v) is 4.45. The lowest BCUT2D eigenvalue weighted by atomic mass is 9.92. The van der Waals surface area contributed by atoms with Crippen LogP contribution in [0, 0.1) is 17.6 Å². The van der Waals surface area contributed by atoms with Gasteiger partial charge in [-0.15, -0.1) is 0 Å². The van der Waals surface area contributed by atoms with Gasteiger partial charge in [0, 0.05) is 6.42 Å². The van der Waals surface area contributed by atoms with Crippen LogP contribution in [0.3, 0.4) is 0 Å². The van der Waals surface area contributed by atoms with Gasteiger partial charge in [-0.05, 0) is 31.0 Å². The van der Waals surface area contributed by atoms with Crippen molar-refractivity contribution in [2.24, 2.45) is 11.7 Å². The number of rotatable bonds is 6. The number of carbonyl (C=O) groups excluding carboxylic acids is 1. The Labute approximate surface area is 109 Å². The van der Waals surface area contributed by atoms with Crippen molar-refractivity contribution >= 4 is 11.8 Å². The summed E-state index contributed by atoms with van der Waals surface area (Å²) in [5, 5.41) is 9.03. The van der Waals surface area contributed by atoms with E-state index < -0.39 is 29.6 Å². The molecule has 3 N–H and O–H groups in total. The number of Topliss-reactive ketones (excluding diaryl/α,β-unsaturated/α-hetero) is 1. The number of nitrogens with two attached hydrogens (primary N) is 1. The summed E-state index contributed by atoms with van der Waals surface area (Å²) >= 11 is 0. The fraction of sp³-hybridized carbons (Fsp3) is 0.385. The van der Waals surface area contributed by atoms with Crippen molar-refractivity contribution in [2.45, 2.75) is 25.8 Å². The Kier molecular flexibility index (Phi) is 5.11. The number of carboxylic acid groups (broad SMARTS) is 1. The van der Waals surface area contributed by atoms with E-state index in [1.54, 1.807) is 0 Å². The molecule has 0 aliphatic rings. The third kappa shape index (κ3) is 4.40. The highest BCUT2D eigenvalue weighted by Crippen LogP contribution is 2.16. The van der Waals surface area contributed by atoms with Gasteiger partial charge in [-0.1, -0.05) is 6.07 Å². The molecule has 4 nitrogen and oxygen atoms in total. The predicted octanol–water partition coefficient (Wildman–Crippen LogP) is 1.51. The molecule has 0 saturated heterocycles. The maximum absolute atomic E-state index is 13.0. The standard InChI is InChI=1S/C13H15F2NO3/c1-7(16)12(17)6-9(13(18)19)4-8-2-3-10(14)11(15)5-8/h2-3,5,7,9H,4,6,16H2,1H3,(H,18,19)/t7-,9?/m1/s1. The Morgan fingerprint density at radius 1 is 1.32 bits per heavy atom. The number of carboxylic acids is 1. The van der Waals surface area contributed by atoms with Crippen LogP contribution < -0.4 is 5.73 Å². The minimum Gasteiger partial charge on any atom is -0.481 e. The molecule has 0 saturated carbocycles. The Morgan fingerprint density at radius 2 is 1.95 bits per heavy atom. The van der Waals surface area contributed by atoms with Gasteiger partial charge in [-0.2, -0.15) is 0 Å². The van der Waals surface area contributed by atoms with Crippen LogP contribution in [0.4, 0.5) is 8.78 Å². The van der Waals surface area contributed by atoms with Crippen LogP contribution in [0.15, 0.2) is 18.2 Å². The molecule has 2 atom stereocenters. The first-order chi connectivity index (χ1) is 8.81. The molecule has 0 aliphatic heterocycles. The van der Waals surface area contributed by atoms with Crippen molar-refractivity contribution in [2.75, 3.05) is 0 Å². The van der Waals surface area contributed by atoms with Crippen LogP contribution in [0.25, 0.3) is 0 Å². The SMILES string of the molecule is C[C@@H](N)C(=O)CC(Cc1ccc(F)c(F)c1)C(=O)O. The molecular weight excluding hydrogens is 256 g/mol. The first-order valence-corrected chi connectivity index (χ1v) is 5.76. The molecule has 0 aliphatic carbocycles. The third-order valence-electron chi connectivity index (χ3n) is 2.77. The summed E-state index contributed by atoms with van der Waals surface area (Å²) in [6.07, 6.45) is -0.281. The summed E-state index contributed by atoms with van der Waals surface area (Å²) < 4.78 is 25.8. The average Bonchev–Trinajstić information content (AvgIpc) is 2.32. The maximum Gasteiger partial charge on any atom is 0.307 e. The zero-order valence-electron chi connectivity index (χ0n) is 10.4. The summed E-state index contributed by atoms with van der Waals surface area (Å²) in [4.78, 5) is 22.5. The molecule has 1 rings (SSSR count). The normalized spacial score (nSPS) is 13.9. The molecule has 0 fully saturated rings. The number of ketones is 1. The van der Waals surface area contributed by atoms with E-state index >= 15 is 0 Å². The van der Waals surface area contributed by atoms with Gasteiger partial charge >= 0.3 is 5.97 Å².